The first-order chi connectivity index (χ1) is 10.6. The highest BCUT2D eigenvalue weighted by molar-refractivity contribution is 6.30. The van der Waals surface area contributed by atoms with E-state index in [1.165, 1.54) is 0 Å². The number of amides is 1. The topological polar surface area (TPSA) is 47.4 Å². The highest BCUT2D eigenvalue weighted by Gasteiger charge is 2.27. The van der Waals surface area contributed by atoms with Crippen molar-refractivity contribution in [3.63, 3.8) is 0 Å². The lowest BCUT2D eigenvalue weighted by atomic mass is 10.1. The van der Waals surface area contributed by atoms with E-state index in [4.69, 9.17) is 16.3 Å². The van der Waals surface area contributed by atoms with E-state index in [-0.39, 0.29) is 11.9 Å². The minimum Gasteiger partial charge on any atom is -0.377 e. The number of benzene rings is 1. The summed E-state index contributed by atoms with van der Waals surface area (Å²) in [5, 5.41) is 5.02. The van der Waals surface area contributed by atoms with E-state index in [1.807, 2.05) is 43.0 Å². The third kappa shape index (κ3) is 2.74. The zero-order valence-electron chi connectivity index (χ0n) is 12.6. The molecule has 5 nitrogen and oxygen atoms in total. The quantitative estimate of drug-likeness (QED) is 0.855. The Labute approximate surface area is 134 Å². The van der Waals surface area contributed by atoms with Crippen LogP contribution >= 0.6 is 11.6 Å². The molecule has 0 N–H and O–H groups in total. The largest absolute Gasteiger partial charge is 0.377 e. The van der Waals surface area contributed by atoms with Crippen LogP contribution in [0.15, 0.2) is 30.5 Å². The molecule has 2 aromatic rings. The summed E-state index contributed by atoms with van der Waals surface area (Å²) in [4.78, 5) is 14.6. The zero-order valence-corrected chi connectivity index (χ0v) is 13.4. The molecule has 1 atom stereocenters. The number of halogens is 1. The molecule has 22 heavy (non-hydrogen) atoms. The van der Waals surface area contributed by atoms with Gasteiger partial charge in [-0.2, -0.15) is 5.10 Å². The van der Waals surface area contributed by atoms with Crippen molar-refractivity contribution in [1.29, 1.82) is 0 Å². The molecule has 2 heterocycles. The number of ether oxygens (including phenoxy) is 1. The minimum absolute atomic E-state index is 0.00788. The average molecular weight is 320 g/mol. The van der Waals surface area contributed by atoms with Crippen LogP contribution in [0, 0.1) is 6.92 Å². The van der Waals surface area contributed by atoms with Crippen molar-refractivity contribution in [3.8, 4) is 5.69 Å². The molecule has 1 aliphatic rings. The summed E-state index contributed by atoms with van der Waals surface area (Å²) in [6, 6.07) is 7.47. The third-order valence-corrected chi connectivity index (χ3v) is 4.19. The third-order valence-electron chi connectivity index (χ3n) is 3.94. The molecule has 0 saturated carbocycles. The number of carbonyl (C=O) groups excluding carboxylic acids is 1. The number of hydrogen-bond acceptors (Lipinski definition) is 3. The first-order valence-electron chi connectivity index (χ1n) is 7.27. The molecule has 0 aliphatic carbocycles. The van der Waals surface area contributed by atoms with Crippen LogP contribution in [0.4, 0.5) is 0 Å². The highest BCUT2D eigenvalue weighted by atomic mass is 35.5. The monoisotopic (exact) mass is 319 g/mol. The molecule has 1 aliphatic heterocycles. The molecule has 6 heteroatoms. The maximum Gasteiger partial charge on any atom is 0.257 e. The first-order valence-corrected chi connectivity index (χ1v) is 7.65. The number of hydrogen-bond donors (Lipinski definition) is 0. The minimum atomic E-state index is 0.00788. The summed E-state index contributed by atoms with van der Waals surface area (Å²) < 4.78 is 7.15. The Bertz CT molecular complexity index is 681. The molecule has 0 bridgehead atoms. The van der Waals surface area contributed by atoms with Crippen molar-refractivity contribution in [3.05, 3.63) is 46.7 Å². The van der Waals surface area contributed by atoms with Gasteiger partial charge in [-0.1, -0.05) is 11.6 Å². The van der Waals surface area contributed by atoms with E-state index in [2.05, 4.69) is 5.10 Å². The molecular formula is C16H18ClN3O2. The summed E-state index contributed by atoms with van der Waals surface area (Å²) in [6.07, 6.45) is 1.63. The number of carbonyl (C=O) groups is 1. The van der Waals surface area contributed by atoms with E-state index in [9.17, 15) is 4.79 Å². The van der Waals surface area contributed by atoms with Gasteiger partial charge in [-0.05, 0) is 38.1 Å². The van der Waals surface area contributed by atoms with Gasteiger partial charge >= 0.3 is 0 Å². The Hall–Kier alpha value is -1.85. The maximum atomic E-state index is 12.7. The summed E-state index contributed by atoms with van der Waals surface area (Å²) >= 11 is 5.91. The summed E-state index contributed by atoms with van der Waals surface area (Å²) in [6.45, 7) is 5.68. The predicted molar refractivity (Wildman–Crippen MR) is 84.6 cm³/mol. The zero-order chi connectivity index (χ0) is 15.7. The Morgan fingerprint density at radius 2 is 2.09 bits per heavy atom. The molecule has 0 unspecified atom stereocenters. The summed E-state index contributed by atoms with van der Waals surface area (Å²) in [7, 11) is 0. The van der Waals surface area contributed by atoms with Gasteiger partial charge in [-0.15, -0.1) is 0 Å². The SMILES string of the molecule is Cc1c(C(=O)N2CCOC[C@H]2C)cnn1-c1ccc(Cl)cc1. The van der Waals surface area contributed by atoms with Crippen LogP contribution < -0.4 is 0 Å². The Morgan fingerprint density at radius 1 is 1.36 bits per heavy atom. The standard InChI is InChI=1S/C16H18ClN3O2/c1-11-10-22-8-7-19(11)16(21)15-9-18-20(12(15)2)14-5-3-13(17)4-6-14/h3-6,9,11H,7-8,10H2,1-2H3/t11-/m1/s1. The Kier molecular flexibility index (Phi) is 4.18. The average Bonchev–Trinajstić information content (AvgIpc) is 2.90. The van der Waals surface area contributed by atoms with Crippen molar-refractivity contribution in [2.75, 3.05) is 19.8 Å². The van der Waals surface area contributed by atoms with Crippen molar-refractivity contribution in [2.45, 2.75) is 19.9 Å². The van der Waals surface area contributed by atoms with Crippen molar-refractivity contribution < 1.29 is 9.53 Å². The van der Waals surface area contributed by atoms with Crippen LogP contribution in [0.1, 0.15) is 23.0 Å². The lowest BCUT2D eigenvalue weighted by Gasteiger charge is -2.33. The second kappa shape index (κ2) is 6.10. The van der Waals surface area contributed by atoms with Crippen LogP contribution in [-0.2, 0) is 4.74 Å². The molecular weight excluding hydrogens is 302 g/mol. The van der Waals surface area contributed by atoms with E-state index in [1.54, 1.807) is 10.9 Å². The summed E-state index contributed by atoms with van der Waals surface area (Å²) in [5.41, 5.74) is 2.34. The lowest BCUT2D eigenvalue weighted by molar-refractivity contribution is 0.00355. The Balaban J connectivity index is 1.89. The van der Waals surface area contributed by atoms with Crippen LogP contribution in [0.25, 0.3) is 5.69 Å². The fourth-order valence-electron chi connectivity index (χ4n) is 2.65. The Morgan fingerprint density at radius 3 is 2.77 bits per heavy atom. The van der Waals surface area contributed by atoms with Gasteiger partial charge in [0, 0.05) is 11.6 Å². The molecule has 1 amide bonds. The van der Waals surface area contributed by atoms with Gasteiger partial charge < -0.3 is 9.64 Å². The van der Waals surface area contributed by atoms with E-state index >= 15 is 0 Å². The van der Waals surface area contributed by atoms with Gasteiger partial charge in [0.2, 0.25) is 0 Å². The molecule has 0 spiro atoms. The molecule has 1 aromatic carbocycles. The lowest BCUT2D eigenvalue weighted by Crippen LogP contribution is -2.47. The fraction of sp³-hybridized carbons (Fsp3) is 0.375. The van der Waals surface area contributed by atoms with Crippen LogP contribution in [0.3, 0.4) is 0 Å². The van der Waals surface area contributed by atoms with Crippen LogP contribution in [0.2, 0.25) is 5.02 Å². The second-order valence-corrected chi connectivity index (χ2v) is 5.89. The van der Waals surface area contributed by atoms with Crippen molar-refractivity contribution >= 4 is 17.5 Å². The van der Waals surface area contributed by atoms with Gasteiger partial charge in [0.05, 0.1) is 42.4 Å². The maximum absolute atomic E-state index is 12.7. The van der Waals surface area contributed by atoms with E-state index in [0.29, 0.717) is 30.3 Å². The number of aromatic nitrogens is 2. The molecule has 1 aromatic heterocycles. The van der Waals surface area contributed by atoms with E-state index < -0.39 is 0 Å². The van der Waals surface area contributed by atoms with Gasteiger partial charge in [0.25, 0.3) is 5.91 Å². The molecule has 1 saturated heterocycles. The van der Waals surface area contributed by atoms with Crippen molar-refractivity contribution in [2.24, 2.45) is 0 Å². The van der Waals surface area contributed by atoms with Gasteiger partial charge in [-0.3, -0.25) is 4.79 Å². The van der Waals surface area contributed by atoms with E-state index in [0.717, 1.165) is 11.4 Å². The number of rotatable bonds is 2. The molecule has 3 rings (SSSR count). The van der Waals surface area contributed by atoms with Crippen LogP contribution in [-0.4, -0.2) is 46.4 Å². The van der Waals surface area contributed by atoms with Gasteiger partial charge in [-0.25, -0.2) is 4.68 Å². The normalized spacial score (nSPS) is 18.5. The fourth-order valence-corrected chi connectivity index (χ4v) is 2.77. The highest BCUT2D eigenvalue weighted by Crippen LogP contribution is 2.19. The predicted octanol–water partition coefficient (Wildman–Crippen LogP) is 2.70. The smallest absolute Gasteiger partial charge is 0.257 e. The van der Waals surface area contributed by atoms with Gasteiger partial charge in [0.1, 0.15) is 0 Å². The molecule has 1 fully saturated rings. The van der Waals surface area contributed by atoms with Crippen LogP contribution in [0.5, 0.6) is 0 Å². The second-order valence-electron chi connectivity index (χ2n) is 5.45. The number of morpholine rings is 1. The number of nitrogens with zero attached hydrogens (tertiary/aromatic N) is 3. The summed E-state index contributed by atoms with van der Waals surface area (Å²) in [5.74, 6) is 0.00788. The first kappa shape index (κ1) is 15.1. The van der Waals surface area contributed by atoms with Gasteiger partial charge in [0.15, 0.2) is 0 Å². The van der Waals surface area contributed by atoms with Crippen molar-refractivity contribution in [1.82, 2.24) is 14.7 Å². The molecule has 116 valence electrons. The molecule has 0 radical (unpaired) electrons.